The van der Waals surface area contributed by atoms with Crippen molar-refractivity contribution in [2.75, 3.05) is 28.6 Å². The molecule has 0 heterocycles. The van der Waals surface area contributed by atoms with Crippen molar-refractivity contribution >= 4 is 28.7 Å². The highest BCUT2D eigenvalue weighted by Gasteiger charge is 2.30. The van der Waals surface area contributed by atoms with E-state index >= 15 is 0 Å². The van der Waals surface area contributed by atoms with E-state index in [9.17, 15) is 18.0 Å². The number of nitrogens with one attached hydrogen (secondary N) is 2. The summed E-state index contributed by atoms with van der Waals surface area (Å²) in [5.74, 6) is 0.732. The highest BCUT2D eigenvalue weighted by molar-refractivity contribution is 6.02. The molecular formula is C26H31F3N4O. The minimum Gasteiger partial charge on any atom is -0.369 e. The molecule has 0 spiro atoms. The van der Waals surface area contributed by atoms with Crippen LogP contribution in [0, 0.1) is 23.2 Å². The number of rotatable bonds is 8. The van der Waals surface area contributed by atoms with Crippen LogP contribution in [0.15, 0.2) is 48.5 Å². The van der Waals surface area contributed by atoms with Gasteiger partial charge in [0.15, 0.2) is 0 Å². The third-order valence-corrected chi connectivity index (χ3v) is 4.94. The Bertz CT molecular complexity index is 1060. The van der Waals surface area contributed by atoms with E-state index in [2.05, 4.69) is 43.2 Å². The predicted molar refractivity (Wildman–Crippen MR) is 132 cm³/mol. The second kappa shape index (κ2) is 11.6. The van der Waals surface area contributed by atoms with Crippen molar-refractivity contribution in [1.29, 1.82) is 5.26 Å². The van der Waals surface area contributed by atoms with Gasteiger partial charge in [0.25, 0.3) is 0 Å². The van der Waals surface area contributed by atoms with Gasteiger partial charge in [0.05, 0.1) is 23.0 Å². The largest absolute Gasteiger partial charge is 0.416 e. The van der Waals surface area contributed by atoms with Crippen molar-refractivity contribution in [2.24, 2.45) is 11.8 Å². The van der Waals surface area contributed by atoms with Crippen LogP contribution in [0.5, 0.6) is 0 Å². The SMILES string of the molecule is C/C(=C\C#N)c1ccc(N(CC(C)C)CC(C)C)c(NC(=O)Nc2cccc(C(F)(F)F)c2)c1. The number of nitriles is 1. The lowest BCUT2D eigenvalue weighted by molar-refractivity contribution is -0.137. The molecule has 2 N–H and O–H groups in total. The van der Waals surface area contributed by atoms with Gasteiger partial charge in [0.1, 0.15) is 0 Å². The first-order chi connectivity index (χ1) is 15.9. The molecule has 2 rings (SSSR count). The molecule has 0 radical (unpaired) electrons. The van der Waals surface area contributed by atoms with Crippen LogP contribution < -0.4 is 15.5 Å². The normalized spacial score (nSPS) is 12.0. The fourth-order valence-corrected chi connectivity index (χ4v) is 3.55. The third kappa shape index (κ3) is 7.84. The summed E-state index contributed by atoms with van der Waals surface area (Å²) in [6, 6.07) is 11.4. The molecule has 182 valence electrons. The maximum atomic E-state index is 13.0. The molecule has 2 aromatic rings. The lowest BCUT2D eigenvalue weighted by atomic mass is 10.0. The summed E-state index contributed by atoms with van der Waals surface area (Å²) in [7, 11) is 0. The van der Waals surface area contributed by atoms with Crippen LogP contribution in [-0.4, -0.2) is 19.1 Å². The summed E-state index contributed by atoms with van der Waals surface area (Å²) >= 11 is 0. The second-order valence-corrected chi connectivity index (χ2v) is 9.04. The molecule has 5 nitrogen and oxygen atoms in total. The lowest BCUT2D eigenvalue weighted by Gasteiger charge is -2.30. The zero-order valence-corrected chi connectivity index (χ0v) is 20.1. The van der Waals surface area contributed by atoms with Crippen molar-refractivity contribution < 1.29 is 18.0 Å². The van der Waals surface area contributed by atoms with Crippen LogP contribution in [0.2, 0.25) is 0 Å². The van der Waals surface area contributed by atoms with E-state index in [-0.39, 0.29) is 5.69 Å². The smallest absolute Gasteiger partial charge is 0.369 e. The summed E-state index contributed by atoms with van der Waals surface area (Å²) in [6.07, 6.45) is -3.09. The van der Waals surface area contributed by atoms with E-state index in [1.807, 2.05) is 18.2 Å². The van der Waals surface area contributed by atoms with Crippen LogP contribution in [0.3, 0.4) is 0 Å². The number of amides is 2. The van der Waals surface area contributed by atoms with Crippen molar-refractivity contribution in [3.63, 3.8) is 0 Å². The van der Waals surface area contributed by atoms with Crippen LogP contribution in [-0.2, 0) is 6.18 Å². The van der Waals surface area contributed by atoms with E-state index in [4.69, 9.17) is 5.26 Å². The lowest BCUT2D eigenvalue weighted by Crippen LogP contribution is -2.32. The van der Waals surface area contributed by atoms with Gasteiger partial charge in [-0.3, -0.25) is 0 Å². The third-order valence-electron chi connectivity index (χ3n) is 4.94. The number of urea groups is 1. The molecular weight excluding hydrogens is 441 g/mol. The van der Waals surface area contributed by atoms with Gasteiger partial charge >= 0.3 is 12.2 Å². The summed E-state index contributed by atoms with van der Waals surface area (Å²) in [4.78, 5) is 15.0. The van der Waals surface area contributed by atoms with Crippen LogP contribution in [0.1, 0.15) is 45.7 Å². The first-order valence-electron chi connectivity index (χ1n) is 11.1. The summed E-state index contributed by atoms with van der Waals surface area (Å²) < 4.78 is 39.1. The zero-order valence-electron chi connectivity index (χ0n) is 20.1. The maximum Gasteiger partial charge on any atom is 0.416 e. The molecule has 0 aliphatic rings. The average Bonchev–Trinajstić information content (AvgIpc) is 2.72. The monoisotopic (exact) mass is 472 g/mol. The molecule has 0 saturated carbocycles. The van der Waals surface area contributed by atoms with E-state index < -0.39 is 17.8 Å². The Labute approximate surface area is 199 Å². The summed E-state index contributed by atoms with van der Waals surface area (Å²) in [5, 5.41) is 14.3. The summed E-state index contributed by atoms with van der Waals surface area (Å²) in [5.41, 5.74) is 1.99. The van der Waals surface area contributed by atoms with Crippen molar-refractivity contribution in [3.05, 3.63) is 59.7 Å². The van der Waals surface area contributed by atoms with Crippen LogP contribution in [0.25, 0.3) is 5.57 Å². The molecule has 0 unspecified atom stereocenters. The molecule has 0 bridgehead atoms. The highest BCUT2D eigenvalue weighted by Crippen LogP contribution is 2.32. The second-order valence-electron chi connectivity index (χ2n) is 9.04. The standard InChI is InChI=1S/C26H31F3N4O/c1-17(2)15-33(16-18(3)4)24-10-9-20(19(5)11-12-30)13-23(24)32-25(34)31-22-8-6-7-21(14-22)26(27,28)29/h6-11,13-14,17-18H,15-16H2,1-5H3,(H2,31,32,34)/b19-11+. The Morgan fingerprint density at radius 3 is 2.26 bits per heavy atom. The minimum atomic E-state index is -4.51. The fourth-order valence-electron chi connectivity index (χ4n) is 3.55. The molecule has 0 atom stereocenters. The maximum absolute atomic E-state index is 13.0. The van der Waals surface area contributed by atoms with Gasteiger partial charge in [-0.1, -0.05) is 39.8 Å². The van der Waals surface area contributed by atoms with Crippen molar-refractivity contribution in [2.45, 2.75) is 40.8 Å². The Morgan fingerprint density at radius 1 is 1.06 bits per heavy atom. The Hall–Kier alpha value is -3.47. The van der Waals surface area contributed by atoms with Crippen molar-refractivity contribution in [3.8, 4) is 6.07 Å². The van der Waals surface area contributed by atoms with E-state index in [1.54, 1.807) is 13.0 Å². The fraction of sp³-hybridized carbons (Fsp3) is 0.385. The number of carbonyl (C=O) groups excluding carboxylic acids is 1. The molecule has 8 heteroatoms. The molecule has 2 amide bonds. The van der Waals surface area contributed by atoms with Gasteiger partial charge in [-0.2, -0.15) is 18.4 Å². The molecule has 34 heavy (non-hydrogen) atoms. The first kappa shape index (κ1) is 26.8. The number of halogens is 3. The number of nitrogens with zero attached hydrogens (tertiary/aromatic N) is 2. The Morgan fingerprint density at radius 2 is 1.71 bits per heavy atom. The molecule has 0 fully saturated rings. The number of anilines is 3. The number of hydrogen-bond donors (Lipinski definition) is 2. The number of hydrogen-bond acceptors (Lipinski definition) is 3. The number of alkyl halides is 3. The topological polar surface area (TPSA) is 68.2 Å². The molecule has 2 aromatic carbocycles. The summed E-state index contributed by atoms with van der Waals surface area (Å²) in [6.45, 7) is 11.7. The predicted octanol–water partition coefficient (Wildman–Crippen LogP) is 7.39. The molecule has 0 aliphatic heterocycles. The number of carbonyl (C=O) groups is 1. The van der Waals surface area contributed by atoms with E-state index in [1.165, 1.54) is 18.2 Å². The minimum absolute atomic E-state index is 0.0341. The van der Waals surface area contributed by atoms with E-state index in [0.717, 1.165) is 42.0 Å². The molecule has 0 aromatic heterocycles. The van der Waals surface area contributed by atoms with Gasteiger partial charge in [0, 0.05) is 24.9 Å². The van der Waals surface area contributed by atoms with Gasteiger partial charge in [-0.15, -0.1) is 0 Å². The van der Waals surface area contributed by atoms with Crippen LogP contribution in [0.4, 0.5) is 35.0 Å². The molecule has 0 aliphatic carbocycles. The number of allylic oxidation sites excluding steroid dienone is 2. The Kier molecular flexibility index (Phi) is 9.13. The van der Waals surface area contributed by atoms with E-state index in [0.29, 0.717) is 17.5 Å². The van der Waals surface area contributed by atoms with Gasteiger partial charge in [-0.25, -0.2) is 4.79 Å². The van der Waals surface area contributed by atoms with Gasteiger partial charge in [-0.05, 0) is 60.2 Å². The van der Waals surface area contributed by atoms with Gasteiger partial charge < -0.3 is 15.5 Å². The molecule has 0 saturated heterocycles. The highest BCUT2D eigenvalue weighted by atomic mass is 19.4. The Balaban J connectivity index is 2.41. The number of benzene rings is 2. The first-order valence-corrected chi connectivity index (χ1v) is 11.1. The average molecular weight is 473 g/mol. The van der Waals surface area contributed by atoms with Crippen molar-refractivity contribution in [1.82, 2.24) is 0 Å². The van der Waals surface area contributed by atoms with Gasteiger partial charge in [0.2, 0.25) is 0 Å². The van der Waals surface area contributed by atoms with Crippen LogP contribution >= 0.6 is 0 Å². The zero-order chi connectivity index (χ0) is 25.5. The quantitative estimate of drug-likeness (QED) is 0.394.